The monoisotopic (exact) mass is 312 g/mol. The van der Waals surface area contributed by atoms with Gasteiger partial charge < -0.3 is 15.6 Å². The van der Waals surface area contributed by atoms with E-state index in [0.29, 0.717) is 22.5 Å². The number of aromatic nitrogens is 2. The van der Waals surface area contributed by atoms with Gasteiger partial charge in [-0.1, -0.05) is 6.08 Å². The predicted molar refractivity (Wildman–Crippen MR) is 87.7 cm³/mol. The first-order valence-electron chi connectivity index (χ1n) is 6.79. The summed E-state index contributed by atoms with van der Waals surface area (Å²) in [6.45, 7) is 4.29. The van der Waals surface area contributed by atoms with Crippen LogP contribution in [0.4, 0.5) is 5.69 Å². The van der Waals surface area contributed by atoms with E-state index in [2.05, 4.69) is 27.2 Å². The molecular formula is C15H12N4O2S. The topological polar surface area (TPSA) is 86.9 Å². The van der Waals surface area contributed by atoms with Crippen LogP contribution in [0.1, 0.15) is 9.67 Å². The van der Waals surface area contributed by atoms with Crippen LogP contribution in [0.3, 0.4) is 0 Å². The van der Waals surface area contributed by atoms with Crippen LogP contribution >= 0.6 is 11.3 Å². The maximum atomic E-state index is 12.4. The molecule has 0 spiro atoms. The largest absolute Gasteiger partial charge is 0.381 e. The average molecular weight is 312 g/mol. The zero-order chi connectivity index (χ0) is 15.3. The summed E-state index contributed by atoms with van der Waals surface area (Å²) in [5, 5.41) is 7.09. The Labute approximate surface area is 128 Å². The van der Waals surface area contributed by atoms with Gasteiger partial charge in [0.05, 0.1) is 29.0 Å². The molecule has 2 aromatic heterocycles. The molecule has 1 aromatic carbocycles. The van der Waals surface area contributed by atoms with Crippen molar-refractivity contribution in [2.75, 3.05) is 11.9 Å². The number of amides is 1. The zero-order valence-electron chi connectivity index (χ0n) is 11.5. The van der Waals surface area contributed by atoms with Gasteiger partial charge in [0.25, 0.3) is 11.5 Å². The summed E-state index contributed by atoms with van der Waals surface area (Å²) in [6.07, 6.45) is 2.96. The van der Waals surface area contributed by atoms with E-state index in [4.69, 9.17) is 0 Å². The minimum atomic E-state index is -0.245. The smallest absolute Gasteiger partial charge is 0.266 e. The van der Waals surface area contributed by atoms with Crippen molar-refractivity contribution in [3.05, 3.63) is 46.2 Å². The standard InChI is InChI=1S/C15H12N4O2S/c1-2-7-5-16-13-11-9(22-14(13)15(21)18-7)4-3-8-12(11)17-6-10(20)19-8/h2-4,6-7,16H,1,5H2,(H,18,21)(H,19,20)/t7-/m1/s1. The molecule has 0 fully saturated rings. The quantitative estimate of drug-likeness (QED) is 0.598. The van der Waals surface area contributed by atoms with Gasteiger partial charge in [-0.3, -0.25) is 9.59 Å². The van der Waals surface area contributed by atoms with Crippen LogP contribution in [-0.2, 0) is 0 Å². The Morgan fingerprint density at radius 3 is 3.05 bits per heavy atom. The number of hydrogen-bond donors (Lipinski definition) is 3. The zero-order valence-corrected chi connectivity index (χ0v) is 12.3. The van der Waals surface area contributed by atoms with Crippen LogP contribution in [-0.4, -0.2) is 28.5 Å². The minimum Gasteiger partial charge on any atom is -0.381 e. The first kappa shape index (κ1) is 13.0. The summed E-state index contributed by atoms with van der Waals surface area (Å²) >= 11 is 1.41. The third-order valence-corrected chi connectivity index (χ3v) is 4.86. The number of nitrogens with zero attached hydrogens (tertiary/aromatic N) is 1. The predicted octanol–water partition coefficient (Wildman–Crippen LogP) is 1.85. The molecule has 3 heterocycles. The van der Waals surface area contributed by atoms with Crippen molar-refractivity contribution in [1.29, 1.82) is 0 Å². The van der Waals surface area contributed by atoms with Gasteiger partial charge in [0, 0.05) is 16.6 Å². The number of nitrogens with one attached hydrogen (secondary N) is 3. The molecule has 6 nitrogen and oxygen atoms in total. The van der Waals surface area contributed by atoms with Gasteiger partial charge in [0.15, 0.2) is 0 Å². The Morgan fingerprint density at radius 2 is 2.23 bits per heavy atom. The Bertz CT molecular complexity index is 988. The van der Waals surface area contributed by atoms with Gasteiger partial charge in [-0.05, 0) is 12.1 Å². The normalized spacial score (nSPS) is 17.6. The van der Waals surface area contributed by atoms with E-state index in [-0.39, 0.29) is 17.5 Å². The first-order valence-corrected chi connectivity index (χ1v) is 7.61. The molecule has 0 unspecified atom stereocenters. The molecule has 0 saturated carbocycles. The molecule has 1 atom stereocenters. The lowest BCUT2D eigenvalue weighted by Crippen LogP contribution is -2.35. The second-order valence-electron chi connectivity index (χ2n) is 5.09. The van der Waals surface area contributed by atoms with Crippen LogP contribution in [0, 0.1) is 0 Å². The summed E-state index contributed by atoms with van der Waals surface area (Å²) in [5.74, 6) is -0.122. The fourth-order valence-electron chi connectivity index (χ4n) is 2.66. The highest BCUT2D eigenvalue weighted by Gasteiger charge is 2.25. The van der Waals surface area contributed by atoms with Crippen molar-refractivity contribution in [2.24, 2.45) is 0 Å². The van der Waals surface area contributed by atoms with Crippen molar-refractivity contribution in [3.8, 4) is 0 Å². The van der Waals surface area contributed by atoms with Crippen LogP contribution in [0.5, 0.6) is 0 Å². The lowest BCUT2D eigenvalue weighted by atomic mass is 10.1. The molecule has 3 N–H and O–H groups in total. The molecule has 3 aromatic rings. The SMILES string of the molecule is C=C[C@@H]1CNc2c(sc3ccc4[nH]c(=O)cnc4c23)C(=O)N1. The van der Waals surface area contributed by atoms with Crippen LogP contribution in [0.15, 0.2) is 35.8 Å². The fourth-order valence-corrected chi connectivity index (χ4v) is 3.75. The number of carbonyl (C=O) groups excluding carboxylic acids is 1. The number of fused-ring (bicyclic) bond motifs is 5. The molecule has 1 amide bonds. The number of thiophene rings is 1. The summed E-state index contributed by atoms with van der Waals surface area (Å²) in [6, 6.07) is 3.59. The van der Waals surface area contributed by atoms with E-state index >= 15 is 0 Å². The number of rotatable bonds is 1. The number of carbonyl (C=O) groups is 1. The van der Waals surface area contributed by atoms with E-state index < -0.39 is 0 Å². The van der Waals surface area contributed by atoms with Crippen LogP contribution in [0.2, 0.25) is 0 Å². The number of H-pyrrole nitrogens is 1. The molecule has 1 aliphatic rings. The molecule has 0 saturated heterocycles. The molecule has 1 aliphatic heterocycles. The Hall–Kier alpha value is -2.67. The van der Waals surface area contributed by atoms with E-state index in [1.807, 2.05) is 12.1 Å². The van der Waals surface area contributed by atoms with Gasteiger partial charge >= 0.3 is 0 Å². The fraction of sp³-hybridized carbons (Fsp3) is 0.133. The highest BCUT2D eigenvalue weighted by molar-refractivity contribution is 7.21. The molecule has 4 rings (SSSR count). The second kappa shape index (κ2) is 4.67. The second-order valence-corrected chi connectivity index (χ2v) is 6.14. The summed E-state index contributed by atoms with van der Waals surface area (Å²) in [7, 11) is 0. The summed E-state index contributed by atoms with van der Waals surface area (Å²) < 4.78 is 0.955. The van der Waals surface area contributed by atoms with Gasteiger partial charge in [0.2, 0.25) is 0 Å². The summed E-state index contributed by atoms with van der Waals surface area (Å²) in [4.78, 5) is 31.4. The lowest BCUT2D eigenvalue weighted by molar-refractivity contribution is 0.0953. The third kappa shape index (κ3) is 1.82. The number of anilines is 1. The third-order valence-electron chi connectivity index (χ3n) is 3.70. The Balaban J connectivity index is 2.04. The number of benzene rings is 1. The van der Waals surface area contributed by atoms with Crippen LogP contribution in [0.25, 0.3) is 21.1 Å². The molecule has 22 heavy (non-hydrogen) atoms. The van der Waals surface area contributed by atoms with Gasteiger partial charge in [0.1, 0.15) is 4.88 Å². The maximum Gasteiger partial charge on any atom is 0.266 e. The highest BCUT2D eigenvalue weighted by atomic mass is 32.1. The van der Waals surface area contributed by atoms with Crippen molar-refractivity contribution in [1.82, 2.24) is 15.3 Å². The number of hydrogen-bond acceptors (Lipinski definition) is 5. The Morgan fingerprint density at radius 1 is 1.36 bits per heavy atom. The van der Waals surface area contributed by atoms with E-state index in [9.17, 15) is 9.59 Å². The molecule has 0 radical (unpaired) electrons. The van der Waals surface area contributed by atoms with E-state index in [0.717, 1.165) is 15.8 Å². The van der Waals surface area contributed by atoms with Crippen molar-refractivity contribution in [3.63, 3.8) is 0 Å². The summed E-state index contributed by atoms with van der Waals surface area (Å²) in [5.41, 5.74) is 1.87. The number of aromatic amines is 1. The molecule has 0 bridgehead atoms. The van der Waals surface area contributed by atoms with Crippen molar-refractivity contribution < 1.29 is 4.79 Å². The molecule has 7 heteroatoms. The first-order chi connectivity index (χ1) is 10.7. The van der Waals surface area contributed by atoms with Crippen LogP contribution < -0.4 is 16.2 Å². The maximum absolute atomic E-state index is 12.4. The van der Waals surface area contributed by atoms with Gasteiger partial charge in [-0.2, -0.15) is 0 Å². The minimum absolute atomic E-state index is 0.120. The van der Waals surface area contributed by atoms with E-state index in [1.54, 1.807) is 6.08 Å². The molecule has 0 aliphatic carbocycles. The lowest BCUT2D eigenvalue weighted by Gasteiger charge is -2.10. The molecular weight excluding hydrogens is 300 g/mol. The van der Waals surface area contributed by atoms with Crippen molar-refractivity contribution >= 4 is 44.1 Å². The van der Waals surface area contributed by atoms with E-state index in [1.165, 1.54) is 17.5 Å². The van der Waals surface area contributed by atoms with Crippen molar-refractivity contribution in [2.45, 2.75) is 6.04 Å². The van der Waals surface area contributed by atoms with Gasteiger partial charge in [-0.25, -0.2) is 4.98 Å². The highest BCUT2D eigenvalue weighted by Crippen LogP contribution is 2.39. The molecule has 110 valence electrons. The van der Waals surface area contributed by atoms with Gasteiger partial charge in [-0.15, -0.1) is 17.9 Å². The average Bonchev–Trinajstić information content (AvgIpc) is 2.82. The Kier molecular flexibility index (Phi) is 2.77.